The van der Waals surface area contributed by atoms with Gasteiger partial charge in [-0.1, -0.05) is 48.0 Å². The fraction of sp³-hybridized carbons (Fsp3) is 0.118. The van der Waals surface area contributed by atoms with Crippen LogP contribution in [0.1, 0.15) is 16.7 Å². The predicted molar refractivity (Wildman–Crippen MR) is 81.5 cm³/mol. The van der Waals surface area contributed by atoms with E-state index in [0.29, 0.717) is 12.1 Å². The van der Waals surface area contributed by atoms with Crippen molar-refractivity contribution in [3.8, 4) is 6.07 Å². The first-order valence-electron chi connectivity index (χ1n) is 6.58. The summed E-state index contributed by atoms with van der Waals surface area (Å²) in [6.45, 7) is 2.77. The van der Waals surface area contributed by atoms with Gasteiger partial charge in [-0.2, -0.15) is 5.26 Å². The third kappa shape index (κ3) is 2.24. The lowest BCUT2D eigenvalue weighted by Gasteiger charge is -2.05. The maximum absolute atomic E-state index is 9.34. The van der Waals surface area contributed by atoms with E-state index < -0.39 is 0 Å². The number of aryl methyl sites for hydroxylation is 1. The molecule has 0 amide bonds. The second kappa shape index (κ2) is 5.10. The Labute approximate surface area is 117 Å². The van der Waals surface area contributed by atoms with Crippen molar-refractivity contribution < 1.29 is 0 Å². The van der Waals surface area contributed by atoms with Crippen molar-refractivity contribution in [3.05, 3.63) is 65.2 Å². The third-order valence-electron chi connectivity index (χ3n) is 3.37. The predicted octanol–water partition coefficient (Wildman–Crippen LogP) is 3.96. The standard InChI is InChI=1S/C17H15N3/c1-12-5-4-6-13(9-12)11-19-17-15(10-18)14-7-2-3-8-16(14)20-17/h2-9,19-20H,11H2,1H3. The monoisotopic (exact) mass is 261 g/mol. The molecule has 2 N–H and O–H groups in total. The summed E-state index contributed by atoms with van der Waals surface area (Å²) < 4.78 is 0. The molecule has 0 aliphatic heterocycles. The van der Waals surface area contributed by atoms with Crippen molar-refractivity contribution in [2.75, 3.05) is 5.32 Å². The van der Waals surface area contributed by atoms with Crippen LogP contribution < -0.4 is 5.32 Å². The van der Waals surface area contributed by atoms with E-state index in [1.165, 1.54) is 11.1 Å². The van der Waals surface area contributed by atoms with Gasteiger partial charge in [0.15, 0.2) is 0 Å². The topological polar surface area (TPSA) is 51.6 Å². The normalized spacial score (nSPS) is 10.4. The average molecular weight is 261 g/mol. The summed E-state index contributed by atoms with van der Waals surface area (Å²) in [6, 6.07) is 18.5. The lowest BCUT2D eigenvalue weighted by molar-refractivity contribution is 1.12. The number of nitriles is 1. The quantitative estimate of drug-likeness (QED) is 0.749. The highest BCUT2D eigenvalue weighted by molar-refractivity contribution is 5.91. The van der Waals surface area contributed by atoms with Crippen LogP contribution in [0.2, 0.25) is 0 Å². The van der Waals surface area contributed by atoms with E-state index in [4.69, 9.17) is 0 Å². The molecule has 3 heteroatoms. The van der Waals surface area contributed by atoms with Crippen molar-refractivity contribution in [1.29, 1.82) is 5.26 Å². The molecule has 3 nitrogen and oxygen atoms in total. The number of para-hydroxylation sites is 1. The molecule has 2 aromatic carbocycles. The number of nitrogens with one attached hydrogen (secondary N) is 2. The van der Waals surface area contributed by atoms with E-state index in [1.54, 1.807) is 0 Å². The summed E-state index contributed by atoms with van der Waals surface area (Å²) in [5.74, 6) is 0.787. The lowest BCUT2D eigenvalue weighted by Crippen LogP contribution is -2.01. The Balaban J connectivity index is 1.90. The van der Waals surface area contributed by atoms with Crippen LogP contribution in [0.15, 0.2) is 48.5 Å². The number of fused-ring (bicyclic) bond motifs is 1. The summed E-state index contributed by atoms with van der Waals surface area (Å²) in [7, 11) is 0. The van der Waals surface area contributed by atoms with E-state index in [0.717, 1.165) is 16.7 Å². The average Bonchev–Trinajstić information content (AvgIpc) is 2.82. The molecule has 3 aromatic rings. The van der Waals surface area contributed by atoms with Gasteiger partial charge in [0.25, 0.3) is 0 Å². The third-order valence-corrected chi connectivity index (χ3v) is 3.37. The van der Waals surface area contributed by atoms with Crippen LogP contribution in [0.3, 0.4) is 0 Å². The van der Waals surface area contributed by atoms with Crippen molar-refractivity contribution in [3.63, 3.8) is 0 Å². The SMILES string of the molecule is Cc1cccc(CNc2[nH]c3ccccc3c2C#N)c1. The van der Waals surface area contributed by atoms with Crippen molar-refractivity contribution in [2.24, 2.45) is 0 Å². The van der Waals surface area contributed by atoms with Crippen molar-refractivity contribution >= 4 is 16.7 Å². The number of hydrogen-bond acceptors (Lipinski definition) is 2. The molecule has 1 aromatic heterocycles. The van der Waals surface area contributed by atoms with Gasteiger partial charge in [-0.25, -0.2) is 0 Å². The fourth-order valence-electron chi connectivity index (χ4n) is 2.40. The summed E-state index contributed by atoms with van der Waals surface area (Å²) in [6.07, 6.45) is 0. The van der Waals surface area contributed by atoms with Gasteiger partial charge in [0.05, 0.1) is 0 Å². The Morgan fingerprint density at radius 1 is 1.15 bits per heavy atom. The minimum atomic E-state index is 0.674. The zero-order valence-corrected chi connectivity index (χ0v) is 11.3. The van der Waals surface area contributed by atoms with Gasteiger partial charge in [-0.3, -0.25) is 0 Å². The van der Waals surface area contributed by atoms with E-state index in [-0.39, 0.29) is 0 Å². The fourth-order valence-corrected chi connectivity index (χ4v) is 2.40. The number of hydrogen-bond donors (Lipinski definition) is 2. The van der Waals surface area contributed by atoms with E-state index in [9.17, 15) is 5.26 Å². The smallest absolute Gasteiger partial charge is 0.122 e. The summed E-state index contributed by atoms with van der Waals surface area (Å²) in [5, 5.41) is 13.6. The van der Waals surface area contributed by atoms with Gasteiger partial charge in [-0.15, -0.1) is 0 Å². The molecule has 0 saturated heterocycles. The zero-order chi connectivity index (χ0) is 13.9. The number of anilines is 1. The van der Waals surface area contributed by atoms with Crippen molar-refractivity contribution in [1.82, 2.24) is 4.98 Å². The molecule has 20 heavy (non-hydrogen) atoms. The summed E-state index contributed by atoms with van der Waals surface area (Å²) in [4.78, 5) is 3.27. The highest BCUT2D eigenvalue weighted by Gasteiger charge is 2.09. The van der Waals surface area contributed by atoms with Gasteiger partial charge < -0.3 is 10.3 Å². The molecule has 0 spiro atoms. The van der Waals surface area contributed by atoms with Crippen LogP contribution in [-0.2, 0) is 6.54 Å². The minimum absolute atomic E-state index is 0.674. The lowest BCUT2D eigenvalue weighted by atomic mass is 10.1. The molecule has 0 unspecified atom stereocenters. The van der Waals surface area contributed by atoms with Gasteiger partial charge in [-0.05, 0) is 18.6 Å². The molecule has 98 valence electrons. The molecule has 3 rings (SSSR count). The van der Waals surface area contributed by atoms with Crippen LogP contribution in [-0.4, -0.2) is 4.98 Å². The van der Waals surface area contributed by atoms with Gasteiger partial charge >= 0.3 is 0 Å². The van der Waals surface area contributed by atoms with Crippen LogP contribution in [0.5, 0.6) is 0 Å². The second-order valence-corrected chi connectivity index (χ2v) is 4.87. The van der Waals surface area contributed by atoms with E-state index >= 15 is 0 Å². The number of H-pyrrole nitrogens is 1. The zero-order valence-electron chi connectivity index (χ0n) is 11.3. The Morgan fingerprint density at radius 2 is 2.00 bits per heavy atom. The first-order valence-corrected chi connectivity index (χ1v) is 6.58. The molecule has 0 aliphatic carbocycles. The number of aromatic nitrogens is 1. The molecule has 0 radical (unpaired) electrons. The molecule has 0 saturated carbocycles. The molecule has 0 aliphatic rings. The van der Waals surface area contributed by atoms with Crippen LogP contribution in [0.4, 0.5) is 5.82 Å². The van der Waals surface area contributed by atoms with E-state index in [1.807, 2.05) is 30.3 Å². The number of aromatic amines is 1. The number of rotatable bonds is 3. The van der Waals surface area contributed by atoms with Gasteiger partial charge in [0.2, 0.25) is 0 Å². The summed E-state index contributed by atoms with van der Waals surface area (Å²) >= 11 is 0. The van der Waals surface area contributed by atoms with Crippen molar-refractivity contribution in [2.45, 2.75) is 13.5 Å². The van der Waals surface area contributed by atoms with Gasteiger partial charge in [0.1, 0.15) is 17.5 Å². The molecule has 0 bridgehead atoms. The van der Waals surface area contributed by atoms with Crippen LogP contribution >= 0.6 is 0 Å². The first-order chi connectivity index (χ1) is 9.78. The molecule has 1 heterocycles. The second-order valence-electron chi connectivity index (χ2n) is 4.87. The van der Waals surface area contributed by atoms with Crippen LogP contribution in [0, 0.1) is 18.3 Å². The van der Waals surface area contributed by atoms with Gasteiger partial charge in [0, 0.05) is 17.4 Å². The Morgan fingerprint density at radius 3 is 2.80 bits per heavy atom. The maximum Gasteiger partial charge on any atom is 0.122 e. The molecule has 0 fully saturated rings. The molecular formula is C17H15N3. The Hall–Kier alpha value is -2.73. The highest BCUT2D eigenvalue weighted by atomic mass is 15.0. The maximum atomic E-state index is 9.34. The largest absolute Gasteiger partial charge is 0.366 e. The number of benzene rings is 2. The minimum Gasteiger partial charge on any atom is -0.366 e. The Bertz CT molecular complexity index is 793. The first kappa shape index (κ1) is 12.3. The highest BCUT2D eigenvalue weighted by Crippen LogP contribution is 2.25. The molecular weight excluding hydrogens is 246 g/mol. The Kier molecular flexibility index (Phi) is 3.14. The van der Waals surface area contributed by atoms with Crippen LogP contribution in [0.25, 0.3) is 10.9 Å². The summed E-state index contributed by atoms with van der Waals surface area (Å²) in [5.41, 5.74) is 4.10. The molecule has 0 atom stereocenters. The van der Waals surface area contributed by atoms with E-state index in [2.05, 4.69) is 41.5 Å². The number of nitrogens with zero attached hydrogens (tertiary/aromatic N) is 1.